The number of aromatic nitrogens is 2. The standard InChI is InChI=1S/C18H21Cl2N5O/c1-3-24-7-9-25(10-8-24)18-21-12(2)11-15(22-18)17(26)23-16-13(19)5-4-6-14(16)20/h4-6,11H,3,7-10H2,1-2H3,(H,23,26). The van der Waals surface area contributed by atoms with Gasteiger partial charge in [-0.25, -0.2) is 9.97 Å². The van der Waals surface area contributed by atoms with Crippen LogP contribution in [0.2, 0.25) is 10.0 Å². The molecule has 8 heteroatoms. The molecule has 0 unspecified atom stereocenters. The van der Waals surface area contributed by atoms with Gasteiger partial charge in [-0.2, -0.15) is 0 Å². The van der Waals surface area contributed by atoms with Gasteiger partial charge in [0.15, 0.2) is 0 Å². The van der Waals surface area contributed by atoms with Crippen LogP contribution in [-0.2, 0) is 0 Å². The Balaban J connectivity index is 1.80. The third-order valence-corrected chi connectivity index (χ3v) is 5.01. The highest BCUT2D eigenvalue weighted by atomic mass is 35.5. The van der Waals surface area contributed by atoms with E-state index in [4.69, 9.17) is 23.2 Å². The summed E-state index contributed by atoms with van der Waals surface area (Å²) in [5.74, 6) is 0.218. The Morgan fingerprint density at radius 2 is 1.81 bits per heavy atom. The number of benzene rings is 1. The van der Waals surface area contributed by atoms with Crippen molar-refractivity contribution >= 4 is 40.7 Å². The Hall–Kier alpha value is -1.89. The van der Waals surface area contributed by atoms with E-state index in [1.807, 2.05) is 6.92 Å². The number of hydrogen-bond donors (Lipinski definition) is 1. The molecule has 0 saturated carbocycles. The van der Waals surface area contributed by atoms with Crippen LogP contribution in [-0.4, -0.2) is 53.5 Å². The van der Waals surface area contributed by atoms with Crippen LogP contribution in [0.1, 0.15) is 23.1 Å². The Morgan fingerprint density at radius 3 is 2.42 bits per heavy atom. The Morgan fingerprint density at radius 1 is 1.15 bits per heavy atom. The van der Waals surface area contributed by atoms with Gasteiger partial charge in [0.1, 0.15) is 5.69 Å². The minimum Gasteiger partial charge on any atom is -0.338 e. The Bertz CT molecular complexity index is 786. The van der Waals surface area contributed by atoms with Crippen LogP contribution in [0.15, 0.2) is 24.3 Å². The van der Waals surface area contributed by atoms with Crippen molar-refractivity contribution in [1.82, 2.24) is 14.9 Å². The molecule has 2 aromatic rings. The van der Waals surface area contributed by atoms with Crippen molar-refractivity contribution < 1.29 is 4.79 Å². The van der Waals surface area contributed by atoms with Crippen LogP contribution < -0.4 is 10.2 Å². The number of likely N-dealkylation sites (N-methyl/N-ethyl adjacent to an activating group) is 1. The predicted molar refractivity (Wildman–Crippen MR) is 106 cm³/mol. The number of nitrogens with one attached hydrogen (secondary N) is 1. The van der Waals surface area contributed by atoms with Gasteiger partial charge in [0.25, 0.3) is 5.91 Å². The van der Waals surface area contributed by atoms with Gasteiger partial charge in [-0.15, -0.1) is 0 Å². The molecule has 0 aliphatic carbocycles. The molecule has 2 heterocycles. The van der Waals surface area contributed by atoms with E-state index in [1.54, 1.807) is 24.3 Å². The maximum atomic E-state index is 12.7. The zero-order valence-corrected chi connectivity index (χ0v) is 16.3. The summed E-state index contributed by atoms with van der Waals surface area (Å²) in [6, 6.07) is 6.73. The molecule has 1 amide bonds. The number of piperazine rings is 1. The SMILES string of the molecule is CCN1CCN(c2nc(C)cc(C(=O)Nc3c(Cl)cccc3Cl)n2)CC1. The van der Waals surface area contributed by atoms with E-state index < -0.39 is 0 Å². The number of para-hydroxylation sites is 1. The third kappa shape index (κ3) is 4.26. The first-order valence-electron chi connectivity index (χ1n) is 8.56. The fourth-order valence-corrected chi connectivity index (χ4v) is 3.36. The smallest absolute Gasteiger partial charge is 0.274 e. The van der Waals surface area contributed by atoms with Crippen LogP contribution in [0.4, 0.5) is 11.6 Å². The van der Waals surface area contributed by atoms with Crippen molar-refractivity contribution in [3.63, 3.8) is 0 Å². The number of anilines is 2. The van der Waals surface area contributed by atoms with Gasteiger partial charge in [-0.3, -0.25) is 4.79 Å². The van der Waals surface area contributed by atoms with E-state index in [9.17, 15) is 4.79 Å². The largest absolute Gasteiger partial charge is 0.338 e. The number of amides is 1. The minimum absolute atomic E-state index is 0.293. The lowest BCUT2D eigenvalue weighted by Gasteiger charge is -2.34. The highest BCUT2D eigenvalue weighted by Crippen LogP contribution is 2.30. The molecule has 6 nitrogen and oxygen atoms in total. The minimum atomic E-state index is -0.362. The second-order valence-electron chi connectivity index (χ2n) is 6.17. The molecule has 1 aliphatic heterocycles. The molecular formula is C18H21Cl2N5O. The first-order valence-corrected chi connectivity index (χ1v) is 9.32. The molecular weight excluding hydrogens is 373 g/mol. The molecule has 0 spiro atoms. The number of halogens is 2. The zero-order valence-electron chi connectivity index (χ0n) is 14.8. The highest BCUT2D eigenvalue weighted by Gasteiger charge is 2.20. The van der Waals surface area contributed by atoms with E-state index in [-0.39, 0.29) is 5.91 Å². The van der Waals surface area contributed by atoms with E-state index in [1.165, 1.54) is 0 Å². The van der Waals surface area contributed by atoms with Crippen molar-refractivity contribution in [1.29, 1.82) is 0 Å². The van der Waals surface area contributed by atoms with Gasteiger partial charge >= 0.3 is 0 Å². The molecule has 138 valence electrons. The molecule has 1 aromatic heterocycles. The first-order chi connectivity index (χ1) is 12.5. The second kappa shape index (κ2) is 8.20. The maximum absolute atomic E-state index is 12.7. The van der Waals surface area contributed by atoms with Gasteiger partial charge in [-0.1, -0.05) is 36.2 Å². The van der Waals surface area contributed by atoms with Crippen molar-refractivity contribution in [3.05, 3.63) is 45.7 Å². The summed E-state index contributed by atoms with van der Waals surface area (Å²) in [4.78, 5) is 26.1. The monoisotopic (exact) mass is 393 g/mol. The van der Waals surface area contributed by atoms with E-state index in [0.29, 0.717) is 27.4 Å². The molecule has 0 atom stereocenters. The number of rotatable bonds is 4. The molecule has 0 radical (unpaired) electrons. The van der Waals surface area contributed by atoms with E-state index >= 15 is 0 Å². The summed E-state index contributed by atoms with van der Waals surface area (Å²) >= 11 is 12.3. The number of aryl methyl sites for hydroxylation is 1. The average molecular weight is 394 g/mol. The molecule has 1 aromatic carbocycles. The summed E-state index contributed by atoms with van der Waals surface area (Å²) in [6.45, 7) is 8.65. The molecule has 1 saturated heterocycles. The zero-order chi connectivity index (χ0) is 18.7. The summed E-state index contributed by atoms with van der Waals surface area (Å²) < 4.78 is 0. The van der Waals surface area contributed by atoms with Crippen LogP contribution >= 0.6 is 23.2 Å². The van der Waals surface area contributed by atoms with Gasteiger partial charge in [-0.05, 0) is 31.7 Å². The average Bonchev–Trinajstić information content (AvgIpc) is 2.64. The fourth-order valence-electron chi connectivity index (χ4n) is 2.87. The van der Waals surface area contributed by atoms with Gasteiger partial charge in [0.05, 0.1) is 15.7 Å². The van der Waals surface area contributed by atoms with Gasteiger partial charge < -0.3 is 15.1 Å². The molecule has 1 N–H and O–H groups in total. The Kier molecular flexibility index (Phi) is 5.96. The molecule has 3 rings (SSSR count). The summed E-state index contributed by atoms with van der Waals surface area (Å²) in [5.41, 5.74) is 1.42. The molecule has 1 fully saturated rings. The lowest BCUT2D eigenvalue weighted by Crippen LogP contribution is -2.47. The third-order valence-electron chi connectivity index (χ3n) is 4.38. The lowest BCUT2D eigenvalue weighted by molar-refractivity contribution is 0.102. The summed E-state index contributed by atoms with van der Waals surface area (Å²) in [6.07, 6.45) is 0. The summed E-state index contributed by atoms with van der Waals surface area (Å²) in [7, 11) is 0. The first kappa shape index (κ1) is 18.9. The van der Waals surface area contributed by atoms with Crippen molar-refractivity contribution in [2.45, 2.75) is 13.8 Å². The van der Waals surface area contributed by atoms with E-state index in [0.717, 1.165) is 38.4 Å². The lowest BCUT2D eigenvalue weighted by atomic mass is 10.2. The summed E-state index contributed by atoms with van der Waals surface area (Å²) in [5, 5.41) is 3.51. The quantitative estimate of drug-likeness (QED) is 0.861. The normalized spacial score (nSPS) is 15.2. The van der Waals surface area contributed by atoms with Crippen LogP contribution in [0.3, 0.4) is 0 Å². The van der Waals surface area contributed by atoms with Crippen LogP contribution in [0, 0.1) is 6.92 Å². The second-order valence-corrected chi connectivity index (χ2v) is 6.98. The topological polar surface area (TPSA) is 61.4 Å². The van der Waals surface area contributed by atoms with Crippen LogP contribution in [0.25, 0.3) is 0 Å². The number of hydrogen-bond acceptors (Lipinski definition) is 5. The number of nitrogens with zero attached hydrogens (tertiary/aromatic N) is 4. The molecule has 26 heavy (non-hydrogen) atoms. The van der Waals surface area contributed by atoms with Gasteiger partial charge in [0, 0.05) is 31.9 Å². The fraction of sp³-hybridized carbons (Fsp3) is 0.389. The van der Waals surface area contributed by atoms with Crippen LogP contribution in [0.5, 0.6) is 0 Å². The molecule has 0 bridgehead atoms. The Labute approximate surface area is 163 Å². The van der Waals surface area contributed by atoms with Crippen molar-refractivity contribution in [2.75, 3.05) is 42.9 Å². The predicted octanol–water partition coefficient (Wildman–Crippen LogP) is 3.49. The van der Waals surface area contributed by atoms with E-state index in [2.05, 4.69) is 32.0 Å². The maximum Gasteiger partial charge on any atom is 0.274 e. The number of carbonyl (C=O) groups excluding carboxylic acids is 1. The van der Waals surface area contributed by atoms with Crippen molar-refractivity contribution in [2.24, 2.45) is 0 Å². The molecule has 1 aliphatic rings. The van der Waals surface area contributed by atoms with Crippen molar-refractivity contribution in [3.8, 4) is 0 Å². The highest BCUT2D eigenvalue weighted by molar-refractivity contribution is 6.40. The number of carbonyl (C=O) groups is 1. The van der Waals surface area contributed by atoms with Gasteiger partial charge in [0.2, 0.25) is 5.95 Å².